The number of aliphatic hydroxyl groups is 1. The molecule has 1 spiro atoms. The summed E-state index contributed by atoms with van der Waals surface area (Å²) in [6.07, 6.45) is 3.85. The highest BCUT2D eigenvalue weighted by molar-refractivity contribution is 5.71. The summed E-state index contributed by atoms with van der Waals surface area (Å²) >= 11 is 0. The number of hydrogen-bond acceptors (Lipinski definition) is 5. The third-order valence-electron chi connectivity index (χ3n) is 5.14. The van der Waals surface area contributed by atoms with Crippen molar-refractivity contribution in [2.75, 3.05) is 13.6 Å². The zero-order valence-corrected chi connectivity index (χ0v) is 13.0. The minimum absolute atomic E-state index is 0.152. The molecule has 0 saturated carbocycles. The molecule has 122 valence electrons. The zero-order valence-electron chi connectivity index (χ0n) is 13.0. The van der Waals surface area contributed by atoms with Crippen molar-refractivity contribution in [1.82, 2.24) is 4.90 Å². The van der Waals surface area contributed by atoms with Crippen LogP contribution < -0.4 is 15.2 Å². The average molecular weight is 316 g/mol. The maximum absolute atomic E-state index is 11.2. The number of hydrogen-bond donors (Lipinski definition) is 2. The molecule has 3 aliphatic rings. The van der Waals surface area contributed by atoms with Gasteiger partial charge in [-0.3, -0.25) is 0 Å². The van der Waals surface area contributed by atoms with Gasteiger partial charge in [0.2, 0.25) is 0 Å². The van der Waals surface area contributed by atoms with Crippen LogP contribution in [0.25, 0.3) is 0 Å². The maximum Gasteiger partial charge on any atom is 0.410 e. The van der Waals surface area contributed by atoms with Crippen molar-refractivity contribution >= 4 is 6.09 Å². The summed E-state index contributed by atoms with van der Waals surface area (Å²) in [4.78, 5) is 13.5. The van der Waals surface area contributed by atoms with Crippen LogP contribution in [-0.4, -0.2) is 41.9 Å². The smallest absolute Gasteiger partial charge is 0.410 e. The summed E-state index contributed by atoms with van der Waals surface area (Å²) < 4.78 is 11.3. The molecular weight excluding hydrogens is 296 g/mol. The molecule has 2 heterocycles. The van der Waals surface area contributed by atoms with Gasteiger partial charge in [-0.1, -0.05) is 18.2 Å². The van der Waals surface area contributed by atoms with Gasteiger partial charge in [0.05, 0.1) is 11.5 Å². The summed E-state index contributed by atoms with van der Waals surface area (Å²) in [7, 11) is 2.09. The Labute approximate surface area is 134 Å². The van der Waals surface area contributed by atoms with Crippen molar-refractivity contribution in [3.8, 4) is 11.5 Å². The van der Waals surface area contributed by atoms with E-state index < -0.39 is 12.2 Å². The fourth-order valence-electron chi connectivity index (χ4n) is 4.11. The molecule has 6 heteroatoms. The molecule has 1 amide bonds. The second-order valence-electron chi connectivity index (χ2n) is 6.64. The number of carbonyl (C=O) groups excluding carboxylic acids is 1. The predicted molar refractivity (Wildman–Crippen MR) is 83.5 cm³/mol. The lowest BCUT2D eigenvalue weighted by atomic mass is 9.69. The fourth-order valence-corrected chi connectivity index (χ4v) is 4.11. The van der Waals surface area contributed by atoms with Crippen molar-refractivity contribution in [3.63, 3.8) is 0 Å². The Morgan fingerprint density at radius 1 is 1.52 bits per heavy atom. The summed E-state index contributed by atoms with van der Waals surface area (Å²) in [5.41, 5.74) is 7.15. The number of ether oxygens (including phenoxy) is 2. The molecule has 6 nitrogen and oxygen atoms in total. The number of rotatable bonds is 1. The van der Waals surface area contributed by atoms with Crippen molar-refractivity contribution in [3.05, 3.63) is 35.4 Å². The molecule has 1 aromatic carbocycles. The first-order valence-corrected chi connectivity index (χ1v) is 7.86. The maximum atomic E-state index is 11.2. The molecule has 0 fully saturated rings. The van der Waals surface area contributed by atoms with Gasteiger partial charge in [0.1, 0.15) is 6.10 Å². The zero-order chi connectivity index (χ0) is 16.2. The highest BCUT2D eigenvalue weighted by atomic mass is 16.6. The lowest BCUT2D eigenvalue weighted by Gasteiger charge is -2.35. The number of amides is 1. The molecule has 0 radical (unpaired) electrons. The van der Waals surface area contributed by atoms with Crippen LogP contribution in [0.2, 0.25) is 0 Å². The predicted octanol–water partition coefficient (Wildman–Crippen LogP) is 1.30. The number of primary amides is 1. The van der Waals surface area contributed by atoms with E-state index in [-0.39, 0.29) is 11.5 Å². The van der Waals surface area contributed by atoms with E-state index >= 15 is 0 Å². The minimum Gasteiger partial charge on any atom is -0.485 e. The van der Waals surface area contributed by atoms with Crippen molar-refractivity contribution < 1.29 is 19.4 Å². The standard InChI is InChI=1S/C17H20N2O4/c1-19-7-6-17-5-4-11(20)8-13(17)23-15-12(22-16(18)21)3-2-10(9-19)14(15)17/h2-5,11,13,20H,6-9H2,1H3,(H2,18,21)/t11-,13-,17-/m0/s1. The van der Waals surface area contributed by atoms with Gasteiger partial charge in [0.25, 0.3) is 0 Å². The van der Waals surface area contributed by atoms with E-state index in [1.54, 1.807) is 6.07 Å². The van der Waals surface area contributed by atoms with Crippen LogP contribution in [0.5, 0.6) is 11.5 Å². The second kappa shape index (κ2) is 4.97. The van der Waals surface area contributed by atoms with Crippen LogP contribution in [0.15, 0.2) is 24.3 Å². The molecule has 1 aliphatic carbocycles. The normalized spacial score (nSPS) is 31.7. The van der Waals surface area contributed by atoms with E-state index in [4.69, 9.17) is 15.2 Å². The van der Waals surface area contributed by atoms with E-state index in [0.717, 1.165) is 25.1 Å². The Morgan fingerprint density at radius 2 is 2.35 bits per heavy atom. The van der Waals surface area contributed by atoms with Gasteiger partial charge in [0.15, 0.2) is 11.5 Å². The van der Waals surface area contributed by atoms with Crippen LogP contribution in [-0.2, 0) is 12.0 Å². The Morgan fingerprint density at radius 3 is 3.13 bits per heavy atom. The minimum atomic E-state index is -0.852. The Kier molecular flexibility index (Phi) is 3.14. The quantitative estimate of drug-likeness (QED) is 0.763. The number of carbonyl (C=O) groups is 1. The van der Waals surface area contributed by atoms with Crippen LogP contribution in [0.4, 0.5) is 4.79 Å². The van der Waals surface area contributed by atoms with Crippen molar-refractivity contribution in [2.24, 2.45) is 5.73 Å². The fraction of sp³-hybridized carbons (Fsp3) is 0.471. The third kappa shape index (κ3) is 2.13. The first kappa shape index (κ1) is 14.5. The average Bonchev–Trinajstić information content (AvgIpc) is 2.74. The molecule has 1 aromatic rings. The summed E-state index contributed by atoms with van der Waals surface area (Å²) in [5.74, 6) is 0.956. The molecule has 4 rings (SSSR count). The van der Waals surface area contributed by atoms with E-state index in [2.05, 4.69) is 18.0 Å². The van der Waals surface area contributed by atoms with Crippen molar-refractivity contribution in [2.45, 2.75) is 37.0 Å². The lowest BCUT2D eigenvalue weighted by molar-refractivity contribution is 0.0822. The van der Waals surface area contributed by atoms with Gasteiger partial charge >= 0.3 is 6.09 Å². The summed E-state index contributed by atoms with van der Waals surface area (Å²) in [6, 6.07) is 3.72. The van der Waals surface area contributed by atoms with Gasteiger partial charge in [-0.15, -0.1) is 0 Å². The van der Waals surface area contributed by atoms with Crippen molar-refractivity contribution in [1.29, 1.82) is 0 Å². The molecule has 0 unspecified atom stereocenters. The SMILES string of the molecule is CN1CC[C@@]23C=C[C@H](O)C[C@@H]2Oc2c(OC(N)=O)ccc(c23)C1. The Hall–Kier alpha value is -2.05. The molecular formula is C17H20N2O4. The molecule has 23 heavy (non-hydrogen) atoms. The van der Waals surface area contributed by atoms with Gasteiger partial charge in [0, 0.05) is 18.5 Å². The number of nitrogens with zero attached hydrogens (tertiary/aromatic N) is 1. The summed E-state index contributed by atoms with van der Waals surface area (Å²) in [5, 5.41) is 9.99. The topological polar surface area (TPSA) is 85.0 Å². The van der Waals surface area contributed by atoms with Crippen LogP contribution >= 0.6 is 0 Å². The van der Waals surface area contributed by atoms with Gasteiger partial charge in [-0.2, -0.15) is 0 Å². The number of aliphatic hydroxyl groups excluding tert-OH is 1. The molecule has 2 aliphatic heterocycles. The Bertz CT molecular complexity index is 702. The van der Waals surface area contributed by atoms with E-state index in [0.29, 0.717) is 17.9 Å². The van der Waals surface area contributed by atoms with E-state index in [1.165, 1.54) is 5.56 Å². The molecule has 0 bridgehead atoms. The van der Waals surface area contributed by atoms with Gasteiger partial charge in [-0.25, -0.2) is 4.79 Å². The third-order valence-corrected chi connectivity index (χ3v) is 5.14. The van der Waals surface area contributed by atoms with E-state index in [1.807, 2.05) is 12.1 Å². The largest absolute Gasteiger partial charge is 0.485 e. The second-order valence-corrected chi connectivity index (χ2v) is 6.64. The van der Waals surface area contributed by atoms with Gasteiger partial charge in [-0.05, 0) is 31.6 Å². The molecule has 0 aromatic heterocycles. The highest BCUT2D eigenvalue weighted by Crippen LogP contribution is 2.55. The number of benzene rings is 1. The number of nitrogens with two attached hydrogens (primary N) is 1. The monoisotopic (exact) mass is 316 g/mol. The summed E-state index contributed by atoms with van der Waals surface area (Å²) in [6.45, 7) is 1.74. The molecule has 3 N–H and O–H groups in total. The lowest BCUT2D eigenvalue weighted by Crippen LogP contribution is -2.42. The van der Waals surface area contributed by atoms with Crippen LogP contribution in [0.1, 0.15) is 24.0 Å². The van der Waals surface area contributed by atoms with Crippen LogP contribution in [0.3, 0.4) is 0 Å². The van der Waals surface area contributed by atoms with Crippen LogP contribution in [0, 0.1) is 0 Å². The van der Waals surface area contributed by atoms with Gasteiger partial charge < -0.3 is 25.2 Å². The Balaban J connectivity index is 1.91. The van der Waals surface area contributed by atoms with E-state index in [9.17, 15) is 9.90 Å². The molecule has 3 atom stereocenters. The highest BCUT2D eigenvalue weighted by Gasteiger charge is 2.52. The first-order chi connectivity index (χ1) is 11.0. The molecule has 0 saturated heterocycles. The first-order valence-electron chi connectivity index (χ1n) is 7.86.